The van der Waals surface area contributed by atoms with Crippen molar-refractivity contribution in [1.29, 1.82) is 0 Å². The largest absolute Gasteiger partial charge is 0.493 e. The van der Waals surface area contributed by atoms with Gasteiger partial charge in [0.1, 0.15) is 0 Å². The number of ether oxygens (including phenoxy) is 4. The van der Waals surface area contributed by atoms with Gasteiger partial charge < -0.3 is 23.4 Å². The molecule has 9 nitrogen and oxygen atoms in total. The second-order valence-electron chi connectivity index (χ2n) is 6.38. The molecule has 0 saturated heterocycles. The predicted molar refractivity (Wildman–Crippen MR) is 119 cm³/mol. The summed E-state index contributed by atoms with van der Waals surface area (Å²) in [5.74, 6) is 2.21. The molecule has 0 aliphatic carbocycles. The highest BCUT2D eigenvalue weighted by atomic mass is 16.5. The van der Waals surface area contributed by atoms with Crippen molar-refractivity contribution in [3.05, 3.63) is 48.0 Å². The third-order valence-corrected chi connectivity index (χ3v) is 4.28. The zero-order chi connectivity index (χ0) is 22.9. The Morgan fingerprint density at radius 1 is 0.938 bits per heavy atom. The number of hydrogen-bond donors (Lipinski definition) is 1. The molecule has 0 atom stereocenters. The smallest absolute Gasteiger partial charge is 0.322 e. The van der Waals surface area contributed by atoms with Crippen LogP contribution in [0, 0.1) is 0 Å². The van der Waals surface area contributed by atoms with Crippen LogP contribution in [0.2, 0.25) is 0 Å². The van der Waals surface area contributed by atoms with E-state index in [4.69, 9.17) is 23.4 Å². The summed E-state index contributed by atoms with van der Waals surface area (Å²) in [6.07, 6.45) is 2.99. The minimum atomic E-state index is -0.420. The van der Waals surface area contributed by atoms with Crippen molar-refractivity contribution in [1.82, 2.24) is 10.2 Å². The minimum absolute atomic E-state index is 0.0196. The van der Waals surface area contributed by atoms with Crippen LogP contribution in [0.25, 0.3) is 17.5 Å². The fraction of sp³-hybridized carbons (Fsp3) is 0.261. The second-order valence-corrected chi connectivity index (χ2v) is 6.38. The number of amides is 1. The molecule has 0 fully saturated rings. The summed E-state index contributed by atoms with van der Waals surface area (Å²) in [7, 11) is 3.11. The predicted octanol–water partition coefficient (Wildman–Crippen LogP) is 4.20. The van der Waals surface area contributed by atoms with E-state index in [0.29, 0.717) is 41.8 Å². The molecular formula is C23H25N3O6. The van der Waals surface area contributed by atoms with Gasteiger partial charge in [-0.3, -0.25) is 10.1 Å². The average molecular weight is 439 g/mol. The van der Waals surface area contributed by atoms with Crippen molar-refractivity contribution < 1.29 is 28.2 Å². The van der Waals surface area contributed by atoms with Crippen LogP contribution in [-0.2, 0) is 4.79 Å². The molecule has 2 aromatic carbocycles. The maximum absolute atomic E-state index is 12.2. The molecule has 0 bridgehead atoms. The summed E-state index contributed by atoms with van der Waals surface area (Å²) in [4.78, 5) is 12.2. The maximum atomic E-state index is 12.2. The molecular weight excluding hydrogens is 414 g/mol. The fourth-order valence-electron chi connectivity index (χ4n) is 2.85. The quantitative estimate of drug-likeness (QED) is 0.469. The van der Waals surface area contributed by atoms with E-state index in [-0.39, 0.29) is 11.9 Å². The first kappa shape index (κ1) is 22.7. The molecule has 168 valence electrons. The van der Waals surface area contributed by atoms with Crippen molar-refractivity contribution in [2.24, 2.45) is 0 Å². The van der Waals surface area contributed by atoms with Crippen molar-refractivity contribution in [2.45, 2.75) is 13.8 Å². The zero-order valence-corrected chi connectivity index (χ0v) is 18.4. The molecule has 0 saturated carbocycles. The van der Waals surface area contributed by atoms with Crippen molar-refractivity contribution >= 4 is 18.0 Å². The highest BCUT2D eigenvalue weighted by Crippen LogP contribution is 2.33. The van der Waals surface area contributed by atoms with Crippen molar-refractivity contribution in [3.8, 4) is 34.5 Å². The van der Waals surface area contributed by atoms with Gasteiger partial charge >= 0.3 is 6.01 Å². The van der Waals surface area contributed by atoms with Gasteiger partial charge in [-0.2, -0.15) is 0 Å². The summed E-state index contributed by atoms with van der Waals surface area (Å²) >= 11 is 0. The molecule has 1 aromatic heterocycles. The van der Waals surface area contributed by atoms with Crippen molar-refractivity contribution in [3.63, 3.8) is 0 Å². The average Bonchev–Trinajstić information content (AvgIpc) is 3.27. The number of hydrogen-bond acceptors (Lipinski definition) is 8. The van der Waals surface area contributed by atoms with Gasteiger partial charge in [0.25, 0.3) is 5.91 Å². The summed E-state index contributed by atoms with van der Waals surface area (Å²) in [5.41, 5.74) is 1.41. The first-order chi connectivity index (χ1) is 15.6. The Kier molecular flexibility index (Phi) is 7.69. The van der Waals surface area contributed by atoms with Gasteiger partial charge in [0, 0.05) is 11.6 Å². The van der Waals surface area contributed by atoms with E-state index < -0.39 is 5.91 Å². The summed E-state index contributed by atoms with van der Waals surface area (Å²) in [6.45, 7) is 4.79. The Morgan fingerprint density at radius 2 is 1.66 bits per heavy atom. The van der Waals surface area contributed by atoms with E-state index in [2.05, 4.69) is 15.5 Å². The molecule has 0 aliphatic heterocycles. The van der Waals surface area contributed by atoms with Gasteiger partial charge in [0.2, 0.25) is 5.89 Å². The van der Waals surface area contributed by atoms with Crippen LogP contribution in [0.15, 0.2) is 46.9 Å². The van der Waals surface area contributed by atoms with Gasteiger partial charge in [-0.25, -0.2) is 0 Å². The third-order valence-electron chi connectivity index (χ3n) is 4.28. The summed E-state index contributed by atoms with van der Waals surface area (Å²) in [5, 5.41) is 10.4. The molecule has 0 radical (unpaired) electrons. The maximum Gasteiger partial charge on any atom is 0.322 e. The van der Waals surface area contributed by atoms with E-state index in [9.17, 15) is 4.79 Å². The number of anilines is 1. The van der Waals surface area contributed by atoms with E-state index >= 15 is 0 Å². The van der Waals surface area contributed by atoms with E-state index in [1.54, 1.807) is 56.7 Å². The van der Waals surface area contributed by atoms with E-state index in [1.807, 2.05) is 13.8 Å². The molecule has 3 rings (SSSR count). The lowest BCUT2D eigenvalue weighted by Crippen LogP contribution is -2.07. The Balaban J connectivity index is 1.69. The van der Waals surface area contributed by atoms with Crippen LogP contribution in [-0.4, -0.2) is 43.5 Å². The van der Waals surface area contributed by atoms with Crippen LogP contribution >= 0.6 is 0 Å². The van der Waals surface area contributed by atoms with Gasteiger partial charge in [-0.05, 0) is 55.8 Å². The lowest BCUT2D eigenvalue weighted by molar-refractivity contribution is -0.112. The number of carbonyl (C=O) groups is 1. The molecule has 32 heavy (non-hydrogen) atoms. The van der Waals surface area contributed by atoms with Crippen LogP contribution < -0.4 is 24.3 Å². The number of benzene rings is 2. The Labute approximate surface area is 186 Å². The molecule has 9 heteroatoms. The first-order valence-corrected chi connectivity index (χ1v) is 10.0. The van der Waals surface area contributed by atoms with E-state index in [0.717, 1.165) is 5.56 Å². The van der Waals surface area contributed by atoms with Crippen LogP contribution in [0.1, 0.15) is 19.4 Å². The topological polar surface area (TPSA) is 105 Å². The molecule has 3 aromatic rings. The molecule has 0 unspecified atom stereocenters. The first-order valence-electron chi connectivity index (χ1n) is 10.0. The number of aromatic nitrogens is 2. The number of rotatable bonds is 10. The Bertz CT molecular complexity index is 1090. The van der Waals surface area contributed by atoms with Crippen LogP contribution in [0.5, 0.6) is 23.0 Å². The number of nitrogens with one attached hydrogen (secondary N) is 1. The van der Waals surface area contributed by atoms with E-state index in [1.165, 1.54) is 6.08 Å². The monoisotopic (exact) mass is 439 g/mol. The van der Waals surface area contributed by atoms with Gasteiger partial charge in [0.15, 0.2) is 23.0 Å². The van der Waals surface area contributed by atoms with Gasteiger partial charge in [0.05, 0.1) is 27.4 Å². The molecule has 0 spiro atoms. The third kappa shape index (κ3) is 5.57. The highest BCUT2D eigenvalue weighted by Gasteiger charge is 2.14. The number of carbonyl (C=O) groups excluding carboxylic acids is 1. The second kappa shape index (κ2) is 10.9. The zero-order valence-electron chi connectivity index (χ0n) is 18.4. The Morgan fingerprint density at radius 3 is 2.38 bits per heavy atom. The van der Waals surface area contributed by atoms with Crippen LogP contribution in [0.3, 0.4) is 0 Å². The SMILES string of the molecule is CCOc1ccc(-c2nnc(NC(=O)/C=C/c3ccc(OC)c(OC)c3)o2)cc1OCC. The molecule has 1 N–H and O–H groups in total. The Hall–Kier alpha value is -4.01. The minimum Gasteiger partial charge on any atom is -0.493 e. The summed E-state index contributed by atoms with van der Waals surface area (Å²) in [6, 6.07) is 10.6. The van der Waals surface area contributed by atoms with Crippen molar-refractivity contribution in [2.75, 3.05) is 32.8 Å². The fourth-order valence-corrected chi connectivity index (χ4v) is 2.85. The summed E-state index contributed by atoms with van der Waals surface area (Å²) < 4.78 is 27.2. The number of nitrogens with zero attached hydrogens (tertiary/aromatic N) is 2. The molecule has 1 heterocycles. The van der Waals surface area contributed by atoms with Gasteiger partial charge in [-0.1, -0.05) is 11.2 Å². The molecule has 1 amide bonds. The lowest BCUT2D eigenvalue weighted by atomic mass is 10.2. The van der Waals surface area contributed by atoms with Gasteiger partial charge in [-0.15, -0.1) is 5.10 Å². The normalized spacial score (nSPS) is 10.8. The lowest BCUT2D eigenvalue weighted by Gasteiger charge is -2.11. The number of methoxy groups -OCH3 is 2. The highest BCUT2D eigenvalue weighted by molar-refractivity contribution is 6.00. The molecule has 0 aliphatic rings. The van der Waals surface area contributed by atoms with Crippen LogP contribution in [0.4, 0.5) is 6.01 Å². The standard InChI is InChI=1S/C23H25N3O6/c1-5-30-18-11-9-16(14-20(18)31-6-2)22-25-26-23(32-22)24-21(27)12-8-15-7-10-17(28-3)19(13-15)29-4/h7-14H,5-6H2,1-4H3,(H,24,26,27)/b12-8+.